The molecule has 0 aliphatic heterocycles. The standard InChI is InChI=1S/C15H22N2O2/c1-17(13-8-4-3-5-9-13)15(18)16-12-7-6-10-14(11-12)19-2/h6-7,10-11,13H,3-5,8-9H2,1-2H3,(H,16,18). The van der Waals surface area contributed by atoms with Gasteiger partial charge in [0.15, 0.2) is 0 Å². The molecule has 0 heterocycles. The van der Waals surface area contributed by atoms with Crippen LogP contribution in [0.25, 0.3) is 0 Å². The third-order valence-electron chi connectivity index (χ3n) is 3.76. The fourth-order valence-electron chi connectivity index (χ4n) is 2.55. The second kappa shape index (κ2) is 6.45. The molecule has 1 fully saturated rings. The first-order chi connectivity index (χ1) is 9.20. The van der Waals surface area contributed by atoms with Gasteiger partial charge in [0.25, 0.3) is 0 Å². The molecule has 1 aliphatic rings. The van der Waals surface area contributed by atoms with E-state index in [0.29, 0.717) is 6.04 Å². The van der Waals surface area contributed by atoms with Crippen molar-refractivity contribution in [3.05, 3.63) is 24.3 Å². The van der Waals surface area contributed by atoms with Gasteiger partial charge in [0, 0.05) is 24.8 Å². The molecule has 0 aromatic heterocycles. The summed E-state index contributed by atoms with van der Waals surface area (Å²) < 4.78 is 5.15. The molecular weight excluding hydrogens is 240 g/mol. The van der Waals surface area contributed by atoms with E-state index < -0.39 is 0 Å². The van der Waals surface area contributed by atoms with Crippen LogP contribution in [0.4, 0.5) is 10.5 Å². The SMILES string of the molecule is COc1cccc(NC(=O)N(C)C2CCCCC2)c1. The number of hydrogen-bond donors (Lipinski definition) is 1. The topological polar surface area (TPSA) is 41.6 Å². The molecule has 4 nitrogen and oxygen atoms in total. The van der Waals surface area contributed by atoms with Gasteiger partial charge in [0.05, 0.1) is 7.11 Å². The molecule has 1 aromatic rings. The number of carbonyl (C=O) groups excluding carboxylic acids is 1. The van der Waals surface area contributed by atoms with Gasteiger partial charge in [0.1, 0.15) is 5.75 Å². The van der Waals surface area contributed by atoms with Crippen LogP contribution in [-0.4, -0.2) is 31.1 Å². The maximum atomic E-state index is 12.2. The van der Waals surface area contributed by atoms with E-state index >= 15 is 0 Å². The summed E-state index contributed by atoms with van der Waals surface area (Å²) in [5.41, 5.74) is 0.770. The van der Waals surface area contributed by atoms with Gasteiger partial charge in [-0.05, 0) is 25.0 Å². The first-order valence-electron chi connectivity index (χ1n) is 6.88. The van der Waals surface area contributed by atoms with Crippen molar-refractivity contribution in [2.45, 2.75) is 38.1 Å². The number of urea groups is 1. The molecule has 2 rings (SSSR count). The molecule has 4 heteroatoms. The summed E-state index contributed by atoms with van der Waals surface area (Å²) in [4.78, 5) is 14.0. The Hall–Kier alpha value is -1.71. The fraction of sp³-hybridized carbons (Fsp3) is 0.533. The Morgan fingerprint density at radius 2 is 2.05 bits per heavy atom. The highest BCUT2D eigenvalue weighted by atomic mass is 16.5. The number of ether oxygens (including phenoxy) is 1. The molecule has 1 aliphatic carbocycles. The van der Waals surface area contributed by atoms with Crippen LogP contribution < -0.4 is 10.1 Å². The van der Waals surface area contributed by atoms with E-state index in [1.165, 1.54) is 19.3 Å². The van der Waals surface area contributed by atoms with E-state index in [1.807, 2.05) is 36.2 Å². The summed E-state index contributed by atoms with van der Waals surface area (Å²) in [5.74, 6) is 0.748. The summed E-state index contributed by atoms with van der Waals surface area (Å²) in [6.45, 7) is 0. The second-order valence-corrected chi connectivity index (χ2v) is 5.06. The lowest BCUT2D eigenvalue weighted by atomic mass is 9.95. The maximum Gasteiger partial charge on any atom is 0.321 e. The van der Waals surface area contributed by atoms with Gasteiger partial charge in [-0.3, -0.25) is 0 Å². The number of amides is 2. The molecule has 1 N–H and O–H groups in total. The minimum Gasteiger partial charge on any atom is -0.497 e. The highest BCUT2D eigenvalue weighted by Crippen LogP contribution is 2.23. The van der Waals surface area contributed by atoms with Crippen molar-refractivity contribution in [3.8, 4) is 5.75 Å². The zero-order valence-electron chi connectivity index (χ0n) is 11.7. The number of methoxy groups -OCH3 is 1. The molecule has 19 heavy (non-hydrogen) atoms. The molecule has 1 aromatic carbocycles. The zero-order valence-corrected chi connectivity index (χ0v) is 11.7. The van der Waals surface area contributed by atoms with Gasteiger partial charge in [-0.2, -0.15) is 0 Å². The van der Waals surface area contributed by atoms with Crippen LogP contribution in [0.3, 0.4) is 0 Å². The Bertz CT molecular complexity index is 428. The van der Waals surface area contributed by atoms with Crippen molar-refractivity contribution >= 4 is 11.7 Å². The van der Waals surface area contributed by atoms with Gasteiger partial charge < -0.3 is 15.0 Å². The van der Waals surface area contributed by atoms with E-state index in [1.54, 1.807) is 7.11 Å². The van der Waals surface area contributed by atoms with Crippen LogP contribution >= 0.6 is 0 Å². The Morgan fingerprint density at radius 3 is 2.74 bits per heavy atom. The van der Waals surface area contributed by atoms with Crippen LogP contribution in [0.15, 0.2) is 24.3 Å². The lowest BCUT2D eigenvalue weighted by Gasteiger charge is -2.31. The smallest absolute Gasteiger partial charge is 0.321 e. The minimum absolute atomic E-state index is 0.0415. The van der Waals surface area contributed by atoms with Crippen LogP contribution in [0.5, 0.6) is 5.75 Å². The Morgan fingerprint density at radius 1 is 1.32 bits per heavy atom. The third-order valence-corrected chi connectivity index (χ3v) is 3.76. The highest BCUT2D eigenvalue weighted by molar-refractivity contribution is 5.89. The summed E-state index contributed by atoms with van der Waals surface area (Å²) in [6, 6.07) is 7.76. The van der Waals surface area contributed by atoms with Gasteiger partial charge >= 0.3 is 6.03 Å². The van der Waals surface area contributed by atoms with Crippen LogP contribution in [0.1, 0.15) is 32.1 Å². The van der Waals surface area contributed by atoms with E-state index in [0.717, 1.165) is 24.3 Å². The largest absolute Gasteiger partial charge is 0.497 e. The molecule has 0 bridgehead atoms. The quantitative estimate of drug-likeness (QED) is 0.906. The van der Waals surface area contributed by atoms with Gasteiger partial charge in [-0.15, -0.1) is 0 Å². The Kier molecular flexibility index (Phi) is 4.66. The molecule has 0 radical (unpaired) electrons. The molecule has 0 spiro atoms. The average molecular weight is 262 g/mol. The van der Waals surface area contributed by atoms with Crippen LogP contribution in [0, 0.1) is 0 Å². The number of carbonyl (C=O) groups is 1. The number of nitrogens with zero attached hydrogens (tertiary/aromatic N) is 1. The van der Waals surface area contributed by atoms with Crippen molar-refractivity contribution in [2.24, 2.45) is 0 Å². The average Bonchev–Trinajstić information content (AvgIpc) is 2.47. The first kappa shape index (κ1) is 13.7. The molecular formula is C15H22N2O2. The predicted octanol–water partition coefficient (Wildman–Crippen LogP) is 3.49. The van der Waals surface area contributed by atoms with Gasteiger partial charge in [-0.1, -0.05) is 25.3 Å². The summed E-state index contributed by atoms with van der Waals surface area (Å²) >= 11 is 0. The number of rotatable bonds is 3. The number of anilines is 1. The zero-order chi connectivity index (χ0) is 13.7. The van der Waals surface area contributed by atoms with E-state index in [-0.39, 0.29) is 6.03 Å². The second-order valence-electron chi connectivity index (χ2n) is 5.06. The van der Waals surface area contributed by atoms with Crippen molar-refractivity contribution in [2.75, 3.05) is 19.5 Å². The molecule has 1 saturated carbocycles. The van der Waals surface area contributed by atoms with Crippen molar-refractivity contribution in [3.63, 3.8) is 0 Å². The van der Waals surface area contributed by atoms with Crippen molar-refractivity contribution < 1.29 is 9.53 Å². The van der Waals surface area contributed by atoms with Crippen LogP contribution in [-0.2, 0) is 0 Å². The van der Waals surface area contributed by atoms with Crippen LogP contribution in [0.2, 0.25) is 0 Å². The van der Waals surface area contributed by atoms with Gasteiger partial charge in [0.2, 0.25) is 0 Å². The minimum atomic E-state index is -0.0415. The van der Waals surface area contributed by atoms with Crippen molar-refractivity contribution in [1.82, 2.24) is 4.90 Å². The Labute approximate surface area is 114 Å². The summed E-state index contributed by atoms with van der Waals surface area (Å²) in [5, 5.41) is 2.92. The third kappa shape index (κ3) is 3.63. The first-order valence-corrected chi connectivity index (χ1v) is 6.88. The summed E-state index contributed by atoms with van der Waals surface area (Å²) in [6.07, 6.45) is 5.97. The molecule has 0 atom stereocenters. The lowest BCUT2D eigenvalue weighted by molar-refractivity contribution is 0.186. The van der Waals surface area contributed by atoms with E-state index in [2.05, 4.69) is 5.32 Å². The maximum absolute atomic E-state index is 12.2. The lowest BCUT2D eigenvalue weighted by Crippen LogP contribution is -2.40. The normalized spacial score (nSPS) is 15.9. The molecule has 0 saturated heterocycles. The van der Waals surface area contributed by atoms with E-state index in [9.17, 15) is 4.79 Å². The monoisotopic (exact) mass is 262 g/mol. The fourth-order valence-corrected chi connectivity index (χ4v) is 2.55. The predicted molar refractivity (Wildman–Crippen MR) is 76.6 cm³/mol. The van der Waals surface area contributed by atoms with E-state index in [4.69, 9.17) is 4.74 Å². The van der Waals surface area contributed by atoms with Crippen molar-refractivity contribution in [1.29, 1.82) is 0 Å². The molecule has 104 valence electrons. The molecule has 2 amide bonds. The Balaban J connectivity index is 1.95. The highest BCUT2D eigenvalue weighted by Gasteiger charge is 2.21. The summed E-state index contributed by atoms with van der Waals surface area (Å²) in [7, 11) is 3.50. The number of nitrogens with one attached hydrogen (secondary N) is 1. The number of hydrogen-bond acceptors (Lipinski definition) is 2. The van der Waals surface area contributed by atoms with Gasteiger partial charge in [-0.25, -0.2) is 4.79 Å². The molecule has 0 unspecified atom stereocenters. The number of benzene rings is 1.